The zero-order valence-corrected chi connectivity index (χ0v) is 19.4. The van der Waals surface area contributed by atoms with Gasteiger partial charge in [-0.1, -0.05) is 53.8 Å². The maximum Gasteiger partial charge on any atom is 0.263 e. The number of halogens is 1. The van der Waals surface area contributed by atoms with Crippen molar-refractivity contribution in [1.29, 1.82) is 0 Å². The van der Waals surface area contributed by atoms with E-state index >= 15 is 0 Å². The smallest absolute Gasteiger partial charge is 0.263 e. The van der Waals surface area contributed by atoms with Gasteiger partial charge >= 0.3 is 0 Å². The molecule has 1 amide bonds. The van der Waals surface area contributed by atoms with E-state index in [2.05, 4.69) is 27.2 Å². The van der Waals surface area contributed by atoms with E-state index in [4.69, 9.17) is 11.6 Å². The van der Waals surface area contributed by atoms with Gasteiger partial charge in [-0.2, -0.15) is 0 Å². The summed E-state index contributed by atoms with van der Waals surface area (Å²) in [6.45, 7) is 3.92. The van der Waals surface area contributed by atoms with Crippen LogP contribution in [0, 0.1) is 6.92 Å². The van der Waals surface area contributed by atoms with Gasteiger partial charge in [-0.05, 0) is 49.2 Å². The fourth-order valence-corrected chi connectivity index (χ4v) is 5.70. The highest BCUT2D eigenvalue weighted by Crippen LogP contribution is 2.28. The zero-order valence-electron chi connectivity index (χ0n) is 16.2. The largest absolute Gasteiger partial charge is 0.296 e. The SMILES string of the molecule is CCCSc1nnc(NC(=O)c2ccc(Cl)c(S(=O)(=O)Nc3cccc(C)c3)c2)s1. The molecule has 0 atom stereocenters. The van der Waals surface area contributed by atoms with Crippen molar-refractivity contribution >= 4 is 61.4 Å². The summed E-state index contributed by atoms with van der Waals surface area (Å²) in [6.07, 6.45) is 1.00. The van der Waals surface area contributed by atoms with Gasteiger partial charge < -0.3 is 0 Å². The molecule has 2 N–H and O–H groups in total. The minimum atomic E-state index is -3.99. The van der Waals surface area contributed by atoms with Crippen LogP contribution in [0.4, 0.5) is 10.8 Å². The summed E-state index contributed by atoms with van der Waals surface area (Å²) in [5.41, 5.74) is 1.46. The lowest BCUT2D eigenvalue weighted by Crippen LogP contribution is -2.16. The number of carbonyl (C=O) groups excluding carboxylic acids is 1. The first-order valence-electron chi connectivity index (χ1n) is 8.95. The minimum absolute atomic E-state index is 0.0147. The number of aryl methyl sites for hydroxylation is 1. The van der Waals surface area contributed by atoms with E-state index in [1.165, 1.54) is 29.5 Å². The third kappa shape index (κ3) is 5.72. The second-order valence-corrected chi connectivity index (χ2v) is 10.7. The zero-order chi connectivity index (χ0) is 21.7. The van der Waals surface area contributed by atoms with Crippen molar-refractivity contribution in [3.8, 4) is 0 Å². The summed E-state index contributed by atoms with van der Waals surface area (Å²) < 4.78 is 28.9. The highest BCUT2D eigenvalue weighted by molar-refractivity contribution is 8.01. The van der Waals surface area contributed by atoms with Crippen LogP contribution in [0.5, 0.6) is 0 Å². The number of hydrogen-bond donors (Lipinski definition) is 2. The number of nitrogens with one attached hydrogen (secondary N) is 2. The van der Waals surface area contributed by atoms with Crippen LogP contribution >= 0.6 is 34.7 Å². The molecule has 3 rings (SSSR count). The molecule has 1 heterocycles. The number of thioether (sulfide) groups is 1. The van der Waals surface area contributed by atoms with E-state index in [1.807, 2.05) is 13.0 Å². The van der Waals surface area contributed by atoms with Crippen LogP contribution in [0.2, 0.25) is 5.02 Å². The van der Waals surface area contributed by atoms with Crippen LogP contribution in [0.25, 0.3) is 0 Å². The monoisotopic (exact) mass is 482 g/mol. The van der Waals surface area contributed by atoms with Gasteiger partial charge in [0.25, 0.3) is 15.9 Å². The van der Waals surface area contributed by atoms with Gasteiger partial charge in [0.2, 0.25) is 5.13 Å². The van der Waals surface area contributed by atoms with Crippen molar-refractivity contribution in [1.82, 2.24) is 10.2 Å². The maximum atomic E-state index is 12.8. The molecule has 11 heteroatoms. The third-order valence-corrected chi connectivity index (χ3v) is 7.85. The highest BCUT2D eigenvalue weighted by atomic mass is 35.5. The standard InChI is InChI=1S/C19H19ClN4O3S3/c1-3-9-28-19-23-22-18(29-19)21-17(25)13-7-8-15(20)16(11-13)30(26,27)24-14-6-4-5-12(2)10-14/h4-8,10-11,24H,3,9H2,1-2H3,(H,21,22,25). The van der Waals surface area contributed by atoms with Gasteiger partial charge in [-0.15, -0.1) is 10.2 Å². The van der Waals surface area contributed by atoms with Gasteiger partial charge in [0.05, 0.1) is 5.02 Å². The van der Waals surface area contributed by atoms with Crippen molar-refractivity contribution in [3.05, 3.63) is 58.6 Å². The summed E-state index contributed by atoms with van der Waals surface area (Å²) in [5, 5.41) is 11.0. The number of sulfonamides is 1. The lowest BCUT2D eigenvalue weighted by atomic mass is 10.2. The van der Waals surface area contributed by atoms with Crippen LogP contribution in [0.1, 0.15) is 29.3 Å². The van der Waals surface area contributed by atoms with E-state index < -0.39 is 15.9 Å². The van der Waals surface area contributed by atoms with Gasteiger partial charge in [-0.3, -0.25) is 14.8 Å². The number of aromatic nitrogens is 2. The molecule has 0 aliphatic carbocycles. The number of anilines is 2. The lowest BCUT2D eigenvalue weighted by Gasteiger charge is -2.11. The maximum absolute atomic E-state index is 12.8. The average molecular weight is 483 g/mol. The molecular formula is C19H19ClN4O3S3. The van der Waals surface area contributed by atoms with Crippen molar-refractivity contribution in [3.63, 3.8) is 0 Å². The first kappa shape index (κ1) is 22.5. The van der Waals surface area contributed by atoms with Crippen molar-refractivity contribution in [2.24, 2.45) is 0 Å². The topological polar surface area (TPSA) is 101 Å². The molecule has 158 valence electrons. The molecule has 0 spiro atoms. The van der Waals surface area contributed by atoms with Crippen LogP contribution in [-0.2, 0) is 10.0 Å². The molecule has 2 aromatic carbocycles. The molecule has 0 aliphatic rings. The fourth-order valence-electron chi connectivity index (χ4n) is 2.45. The van der Waals surface area contributed by atoms with Crippen LogP contribution in [-0.4, -0.2) is 30.3 Å². The molecule has 30 heavy (non-hydrogen) atoms. The summed E-state index contributed by atoms with van der Waals surface area (Å²) in [4.78, 5) is 12.4. The van der Waals surface area contributed by atoms with E-state index in [0.717, 1.165) is 22.1 Å². The number of nitrogens with zero attached hydrogens (tertiary/aromatic N) is 2. The van der Waals surface area contributed by atoms with Crippen molar-refractivity contribution in [2.75, 3.05) is 15.8 Å². The molecule has 0 saturated heterocycles. The quantitative estimate of drug-likeness (QED) is 0.344. The Bertz CT molecular complexity index is 1170. The number of rotatable bonds is 8. The molecule has 0 saturated carbocycles. The molecule has 1 aromatic heterocycles. The number of benzene rings is 2. The van der Waals surface area contributed by atoms with Gasteiger partial charge in [0.1, 0.15) is 4.90 Å². The van der Waals surface area contributed by atoms with E-state index in [0.29, 0.717) is 10.8 Å². The Kier molecular flexibility index (Phi) is 7.35. The molecule has 0 fully saturated rings. The Balaban J connectivity index is 1.80. The number of carbonyl (C=O) groups is 1. The average Bonchev–Trinajstić information content (AvgIpc) is 3.13. The summed E-state index contributed by atoms with van der Waals surface area (Å²) >= 11 is 8.95. The second kappa shape index (κ2) is 9.78. The summed E-state index contributed by atoms with van der Waals surface area (Å²) in [5.74, 6) is 0.413. The fraction of sp³-hybridized carbons (Fsp3) is 0.211. The Morgan fingerprint density at radius 2 is 2.00 bits per heavy atom. The molecule has 0 radical (unpaired) electrons. The molecule has 0 unspecified atom stereocenters. The Hall–Kier alpha value is -2.14. The van der Waals surface area contributed by atoms with Gasteiger partial charge in [0.15, 0.2) is 4.34 Å². The van der Waals surface area contributed by atoms with E-state index in [1.54, 1.807) is 30.0 Å². The predicted molar refractivity (Wildman–Crippen MR) is 122 cm³/mol. The van der Waals surface area contributed by atoms with Crippen LogP contribution < -0.4 is 10.0 Å². The van der Waals surface area contributed by atoms with Gasteiger partial charge in [0, 0.05) is 17.0 Å². The second-order valence-electron chi connectivity index (χ2n) is 6.30. The predicted octanol–water partition coefficient (Wildman–Crippen LogP) is 5.06. The minimum Gasteiger partial charge on any atom is -0.296 e. The van der Waals surface area contributed by atoms with E-state index in [-0.39, 0.29) is 15.5 Å². The lowest BCUT2D eigenvalue weighted by molar-refractivity contribution is 0.102. The van der Waals surface area contributed by atoms with Crippen LogP contribution in [0.3, 0.4) is 0 Å². The molecular weight excluding hydrogens is 464 g/mol. The molecule has 3 aromatic rings. The third-order valence-electron chi connectivity index (χ3n) is 3.81. The number of amides is 1. The van der Waals surface area contributed by atoms with E-state index in [9.17, 15) is 13.2 Å². The van der Waals surface area contributed by atoms with Crippen LogP contribution in [0.15, 0.2) is 51.7 Å². The van der Waals surface area contributed by atoms with Crippen molar-refractivity contribution in [2.45, 2.75) is 29.5 Å². The Morgan fingerprint density at radius 1 is 1.20 bits per heavy atom. The Labute approximate surface area is 188 Å². The molecule has 0 aliphatic heterocycles. The first-order chi connectivity index (χ1) is 14.3. The first-order valence-corrected chi connectivity index (χ1v) is 12.6. The van der Waals surface area contributed by atoms with Gasteiger partial charge in [-0.25, -0.2) is 8.42 Å². The molecule has 0 bridgehead atoms. The molecule has 7 nitrogen and oxygen atoms in total. The normalized spacial score (nSPS) is 11.3. The van der Waals surface area contributed by atoms with Crippen molar-refractivity contribution < 1.29 is 13.2 Å². The number of hydrogen-bond acceptors (Lipinski definition) is 7. The highest BCUT2D eigenvalue weighted by Gasteiger charge is 2.21. The summed E-state index contributed by atoms with van der Waals surface area (Å²) in [7, 11) is -3.99. The Morgan fingerprint density at radius 3 is 2.73 bits per heavy atom. The summed E-state index contributed by atoms with van der Waals surface area (Å²) in [6, 6.07) is 11.0.